The SMILES string of the molecule is CC(=O)N(c1nc(/C=N\Nc2ccc(C)c(Cl)c2)cs1)c1c(C)cccc1C. The van der Waals surface area contributed by atoms with E-state index < -0.39 is 0 Å². The number of aromatic nitrogens is 1. The Labute approximate surface area is 173 Å². The average Bonchev–Trinajstić information content (AvgIpc) is 3.09. The third-order valence-electron chi connectivity index (χ3n) is 4.24. The summed E-state index contributed by atoms with van der Waals surface area (Å²) in [7, 11) is 0. The van der Waals surface area contributed by atoms with Crippen LogP contribution in [0.5, 0.6) is 0 Å². The molecule has 0 saturated carbocycles. The number of hydrogen-bond donors (Lipinski definition) is 1. The number of rotatable bonds is 5. The lowest BCUT2D eigenvalue weighted by atomic mass is 10.1. The van der Waals surface area contributed by atoms with Gasteiger partial charge in [0.05, 0.1) is 23.3 Å². The van der Waals surface area contributed by atoms with Crippen LogP contribution in [0, 0.1) is 20.8 Å². The van der Waals surface area contributed by atoms with Crippen LogP contribution in [0.3, 0.4) is 0 Å². The van der Waals surface area contributed by atoms with Crippen LogP contribution in [-0.4, -0.2) is 17.1 Å². The number of aryl methyl sites for hydroxylation is 3. The molecule has 7 heteroatoms. The highest BCUT2D eigenvalue weighted by molar-refractivity contribution is 7.14. The van der Waals surface area contributed by atoms with E-state index in [1.807, 2.05) is 62.5 Å². The molecule has 0 spiro atoms. The first kappa shape index (κ1) is 20.0. The van der Waals surface area contributed by atoms with E-state index >= 15 is 0 Å². The number of nitrogens with zero attached hydrogens (tertiary/aromatic N) is 3. The molecule has 0 fully saturated rings. The fraction of sp³-hybridized carbons (Fsp3) is 0.190. The molecule has 0 unspecified atom stereocenters. The molecule has 144 valence electrons. The molecule has 1 amide bonds. The second kappa shape index (κ2) is 8.54. The molecule has 0 atom stereocenters. The number of benzene rings is 2. The molecular formula is C21H21ClN4OS. The van der Waals surface area contributed by atoms with Crippen LogP contribution in [0.2, 0.25) is 5.02 Å². The molecule has 0 aliphatic heterocycles. The number of carbonyl (C=O) groups excluding carboxylic acids is 1. The van der Waals surface area contributed by atoms with Gasteiger partial charge in [-0.2, -0.15) is 5.10 Å². The zero-order chi connectivity index (χ0) is 20.3. The maximum atomic E-state index is 12.4. The molecule has 1 heterocycles. The predicted molar refractivity (Wildman–Crippen MR) is 118 cm³/mol. The Morgan fingerprint density at radius 3 is 2.54 bits per heavy atom. The lowest BCUT2D eigenvalue weighted by Gasteiger charge is -2.22. The van der Waals surface area contributed by atoms with E-state index in [0.29, 0.717) is 15.8 Å². The zero-order valence-corrected chi connectivity index (χ0v) is 17.7. The molecule has 3 rings (SSSR count). The number of hydrazone groups is 1. The van der Waals surface area contributed by atoms with Gasteiger partial charge in [-0.25, -0.2) is 4.98 Å². The molecule has 3 aromatic rings. The lowest BCUT2D eigenvalue weighted by molar-refractivity contribution is -0.115. The van der Waals surface area contributed by atoms with Crippen LogP contribution in [0.15, 0.2) is 46.9 Å². The van der Waals surface area contributed by atoms with Crippen molar-refractivity contribution in [2.75, 3.05) is 10.3 Å². The quantitative estimate of drug-likeness (QED) is 0.422. The Kier molecular flexibility index (Phi) is 6.11. The third kappa shape index (κ3) is 4.40. The van der Waals surface area contributed by atoms with Gasteiger partial charge in [-0.1, -0.05) is 35.9 Å². The number of amides is 1. The maximum absolute atomic E-state index is 12.4. The monoisotopic (exact) mass is 412 g/mol. The van der Waals surface area contributed by atoms with Gasteiger partial charge in [0, 0.05) is 17.3 Å². The summed E-state index contributed by atoms with van der Waals surface area (Å²) >= 11 is 7.52. The first-order valence-corrected chi connectivity index (χ1v) is 10.00. The largest absolute Gasteiger partial charge is 0.278 e. The summed E-state index contributed by atoms with van der Waals surface area (Å²) < 4.78 is 0. The van der Waals surface area contributed by atoms with Crippen molar-refractivity contribution >= 4 is 51.6 Å². The van der Waals surface area contributed by atoms with Crippen LogP contribution < -0.4 is 10.3 Å². The van der Waals surface area contributed by atoms with Gasteiger partial charge in [0.1, 0.15) is 0 Å². The Morgan fingerprint density at radius 1 is 1.18 bits per heavy atom. The van der Waals surface area contributed by atoms with Gasteiger partial charge in [-0.05, 0) is 49.6 Å². The molecule has 1 N–H and O–H groups in total. The third-order valence-corrected chi connectivity index (χ3v) is 5.49. The van der Waals surface area contributed by atoms with Gasteiger partial charge in [-0.3, -0.25) is 15.1 Å². The minimum atomic E-state index is -0.0809. The standard InChI is InChI=1S/C21H21ClN4OS/c1-13-8-9-17(10-19(13)22)25-23-11-18-12-28-21(24-18)26(16(4)27)20-14(2)6-5-7-15(20)3/h5-12,25H,1-4H3/b23-11-. The Bertz CT molecular complexity index is 1020. The van der Waals surface area contributed by atoms with Gasteiger partial charge < -0.3 is 0 Å². The minimum absolute atomic E-state index is 0.0809. The second-order valence-electron chi connectivity index (χ2n) is 6.48. The number of anilines is 3. The average molecular weight is 413 g/mol. The molecule has 0 radical (unpaired) electrons. The fourth-order valence-corrected chi connectivity index (χ4v) is 3.82. The number of halogens is 1. The number of nitrogens with one attached hydrogen (secondary N) is 1. The molecule has 1 aromatic heterocycles. The lowest BCUT2D eigenvalue weighted by Crippen LogP contribution is -2.24. The highest BCUT2D eigenvalue weighted by Crippen LogP contribution is 2.33. The van der Waals surface area contributed by atoms with Crippen molar-refractivity contribution in [1.29, 1.82) is 0 Å². The molecule has 28 heavy (non-hydrogen) atoms. The molecule has 0 aliphatic rings. The summed E-state index contributed by atoms with van der Waals surface area (Å²) in [5.74, 6) is -0.0809. The van der Waals surface area contributed by atoms with Crippen LogP contribution in [0.4, 0.5) is 16.5 Å². The highest BCUT2D eigenvalue weighted by Gasteiger charge is 2.21. The van der Waals surface area contributed by atoms with E-state index in [9.17, 15) is 4.79 Å². The van der Waals surface area contributed by atoms with E-state index in [2.05, 4.69) is 15.5 Å². The molecule has 0 bridgehead atoms. The van der Waals surface area contributed by atoms with Crippen LogP contribution in [0.25, 0.3) is 0 Å². The highest BCUT2D eigenvalue weighted by atomic mass is 35.5. The van der Waals surface area contributed by atoms with E-state index in [0.717, 1.165) is 28.1 Å². The summed E-state index contributed by atoms with van der Waals surface area (Å²) in [5.41, 5.74) is 8.34. The van der Waals surface area contributed by atoms with E-state index in [1.54, 1.807) is 18.0 Å². The van der Waals surface area contributed by atoms with Crippen molar-refractivity contribution in [3.63, 3.8) is 0 Å². The summed E-state index contributed by atoms with van der Waals surface area (Å²) in [4.78, 5) is 18.6. The van der Waals surface area contributed by atoms with Crippen LogP contribution in [0.1, 0.15) is 29.3 Å². The van der Waals surface area contributed by atoms with Crippen molar-refractivity contribution in [3.8, 4) is 0 Å². The smallest absolute Gasteiger partial charge is 0.230 e. The Morgan fingerprint density at radius 2 is 1.89 bits per heavy atom. The van der Waals surface area contributed by atoms with Gasteiger partial charge in [0.25, 0.3) is 0 Å². The minimum Gasteiger partial charge on any atom is -0.278 e. The Balaban J connectivity index is 1.81. The number of thiazole rings is 1. The van der Waals surface area contributed by atoms with Crippen molar-refractivity contribution in [1.82, 2.24) is 4.98 Å². The van der Waals surface area contributed by atoms with Gasteiger partial charge in [-0.15, -0.1) is 11.3 Å². The van der Waals surface area contributed by atoms with Gasteiger partial charge >= 0.3 is 0 Å². The first-order chi connectivity index (χ1) is 13.4. The normalized spacial score (nSPS) is 11.0. The van der Waals surface area contributed by atoms with Gasteiger partial charge in [0.15, 0.2) is 5.13 Å². The maximum Gasteiger partial charge on any atom is 0.230 e. The van der Waals surface area contributed by atoms with Crippen molar-refractivity contribution in [2.45, 2.75) is 27.7 Å². The predicted octanol–water partition coefficient (Wildman–Crippen LogP) is 5.85. The van der Waals surface area contributed by atoms with Crippen LogP contribution in [-0.2, 0) is 4.79 Å². The topological polar surface area (TPSA) is 57.6 Å². The number of para-hydroxylation sites is 1. The zero-order valence-electron chi connectivity index (χ0n) is 16.2. The van der Waals surface area contributed by atoms with Crippen molar-refractivity contribution in [3.05, 3.63) is 69.2 Å². The number of hydrogen-bond acceptors (Lipinski definition) is 5. The molecule has 0 saturated heterocycles. The number of carbonyl (C=O) groups is 1. The fourth-order valence-electron chi connectivity index (χ4n) is 2.82. The second-order valence-corrected chi connectivity index (χ2v) is 7.73. The molecular weight excluding hydrogens is 392 g/mol. The Hall–Kier alpha value is -2.70. The molecule has 0 aliphatic carbocycles. The summed E-state index contributed by atoms with van der Waals surface area (Å²) in [6, 6.07) is 11.6. The van der Waals surface area contributed by atoms with Crippen molar-refractivity contribution in [2.24, 2.45) is 5.10 Å². The molecule has 2 aromatic carbocycles. The van der Waals surface area contributed by atoms with E-state index in [1.165, 1.54) is 11.3 Å². The summed E-state index contributed by atoms with van der Waals surface area (Å²) in [5, 5.41) is 7.38. The van der Waals surface area contributed by atoms with Crippen LogP contribution >= 0.6 is 22.9 Å². The molecule has 5 nitrogen and oxygen atoms in total. The summed E-state index contributed by atoms with van der Waals surface area (Å²) in [6.45, 7) is 7.47. The first-order valence-electron chi connectivity index (χ1n) is 8.74. The van der Waals surface area contributed by atoms with E-state index in [4.69, 9.17) is 11.6 Å². The van der Waals surface area contributed by atoms with Crippen molar-refractivity contribution < 1.29 is 4.79 Å². The summed E-state index contributed by atoms with van der Waals surface area (Å²) in [6.07, 6.45) is 1.62. The van der Waals surface area contributed by atoms with E-state index in [-0.39, 0.29) is 5.91 Å². The van der Waals surface area contributed by atoms with Gasteiger partial charge in [0.2, 0.25) is 5.91 Å².